The molecule has 0 spiro atoms. The average molecular weight is 307 g/mol. The molecule has 0 N–H and O–H groups in total. The van der Waals surface area contributed by atoms with Crippen molar-refractivity contribution in [3.05, 3.63) is 28.5 Å². The summed E-state index contributed by atoms with van der Waals surface area (Å²) >= 11 is 6.52. The molecule has 1 atom stereocenters. The number of hydrogen-bond donors (Lipinski definition) is 0. The van der Waals surface area contributed by atoms with Crippen LogP contribution in [0.3, 0.4) is 0 Å². The quantitative estimate of drug-likeness (QED) is 0.488. The molecule has 1 aromatic rings. The molecular weight excluding hydrogens is 298 g/mol. The third kappa shape index (κ3) is 2.88. The SMILES string of the molecule is CCC(Br)C(=O)c1cccc(Br)n1. The van der Waals surface area contributed by atoms with Crippen molar-refractivity contribution in [2.45, 2.75) is 18.2 Å². The van der Waals surface area contributed by atoms with E-state index in [0.29, 0.717) is 10.3 Å². The van der Waals surface area contributed by atoms with E-state index in [9.17, 15) is 4.79 Å². The van der Waals surface area contributed by atoms with E-state index in [1.54, 1.807) is 18.2 Å². The van der Waals surface area contributed by atoms with Crippen LogP contribution in [0.1, 0.15) is 23.8 Å². The van der Waals surface area contributed by atoms with Gasteiger partial charge in [-0.25, -0.2) is 4.98 Å². The first-order valence-electron chi connectivity index (χ1n) is 3.96. The maximum Gasteiger partial charge on any atom is 0.194 e. The van der Waals surface area contributed by atoms with Crippen LogP contribution in [0.2, 0.25) is 0 Å². The lowest BCUT2D eigenvalue weighted by molar-refractivity contribution is 0.0985. The number of pyridine rings is 1. The fourth-order valence-electron chi connectivity index (χ4n) is 0.891. The molecule has 13 heavy (non-hydrogen) atoms. The number of carbonyl (C=O) groups is 1. The Labute approximate surface area is 94.0 Å². The van der Waals surface area contributed by atoms with E-state index in [-0.39, 0.29) is 10.6 Å². The van der Waals surface area contributed by atoms with Gasteiger partial charge in [-0.15, -0.1) is 0 Å². The number of nitrogens with zero attached hydrogens (tertiary/aromatic N) is 1. The van der Waals surface area contributed by atoms with Gasteiger partial charge in [0.05, 0.1) is 4.83 Å². The summed E-state index contributed by atoms with van der Waals surface area (Å²) in [5.74, 6) is 0.0313. The number of carbonyl (C=O) groups excluding carboxylic acids is 1. The number of halogens is 2. The molecule has 1 rings (SSSR count). The summed E-state index contributed by atoms with van der Waals surface area (Å²) in [6.07, 6.45) is 0.771. The highest BCUT2D eigenvalue weighted by Crippen LogP contribution is 2.13. The van der Waals surface area contributed by atoms with Gasteiger partial charge in [0.2, 0.25) is 0 Å². The zero-order valence-electron chi connectivity index (χ0n) is 7.13. The van der Waals surface area contributed by atoms with Gasteiger partial charge in [0.15, 0.2) is 5.78 Å². The van der Waals surface area contributed by atoms with Crippen LogP contribution in [0.5, 0.6) is 0 Å². The summed E-state index contributed by atoms with van der Waals surface area (Å²) in [5.41, 5.74) is 0.498. The van der Waals surface area contributed by atoms with Gasteiger partial charge in [0, 0.05) is 0 Å². The van der Waals surface area contributed by atoms with Crippen LogP contribution < -0.4 is 0 Å². The minimum atomic E-state index is -0.130. The highest BCUT2D eigenvalue weighted by Gasteiger charge is 2.15. The first kappa shape index (κ1) is 10.9. The predicted molar refractivity (Wildman–Crippen MR) is 59.3 cm³/mol. The number of aromatic nitrogens is 1. The van der Waals surface area contributed by atoms with Crippen molar-refractivity contribution in [3.8, 4) is 0 Å². The summed E-state index contributed by atoms with van der Waals surface area (Å²) in [5, 5.41) is 0. The van der Waals surface area contributed by atoms with E-state index in [1.807, 2.05) is 6.92 Å². The first-order valence-corrected chi connectivity index (χ1v) is 5.67. The van der Waals surface area contributed by atoms with Crippen LogP contribution in [0.4, 0.5) is 0 Å². The van der Waals surface area contributed by atoms with Crippen LogP contribution >= 0.6 is 31.9 Å². The maximum atomic E-state index is 11.6. The van der Waals surface area contributed by atoms with Gasteiger partial charge in [-0.3, -0.25) is 4.79 Å². The molecule has 1 unspecified atom stereocenters. The molecule has 2 nitrogen and oxygen atoms in total. The van der Waals surface area contributed by atoms with Crippen molar-refractivity contribution in [1.29, 1.82) is 0 Å². The standard InChI is InChI=1S/C9H9Br2NO/c1-2-6(10)9(13)7-4-3-5-8(11)12-7/h3-6H,2H2,1H3. The number of alkyl halides is 1. The van der Waals surface area contributed by atoms with Crippen molar-refractivity contribution in [1.82, 2.24) is 4.98 Å². The molecule has 1 heterocycles. The maximum absolute atomic E-state index is 11.6. The van der Waals surface area contributed by atoms with Crippen LogP contribution in [-0.2, 0) is 0 Å². The van der Waals surface area contributed by atoms with Gasteiger partial charge >= 0.3 is 0 Å². The molecule has 0 aliphatic rings. The Bertz CT molecular complexity index is 314. The van der Waals surface area contributed by atoms with Gasteiger partial charge in [-0.2, -0.15) is 0 Å². The van der Waals surface area contributed by atoms with E-state index in [1.165, 1.54) is 0 Å². The van der Waals surface area contributed by atoms with Crippen LogP contribution in [0.25, 0.3) is 0 Å². The molecule has 0 radical (unpaired) electrons. The Kier molecular flexibility index (Phi) is 4.06. The minimum Gasteiger partial charge on any atom is -0.291 e. The molecule has 0 fully saturated rings. The molecule has 4 heteroatoms. The normalized spacial score (nSPS) is 12.5. The van der Waals surface area contributed by atoms with E-state index in [4.69, 9.17) is 0 Å². The Morgan fingerprint density at radius 2 is 2.31 bits per heavy atom. The number of Topliss-reactive ketones (excluding diaryl/α,β-unsaturated/α-hetero) is 1. The highest BCUT2D eigenvalue weighted by atomic mass is 79.9. The largest absolute Gasteiger partial charge is 0.291 e. The average Bonchev–Trinajstić information content (AvgIpc) is 2.15. The second-order valence-corrected chi connectivity index (χ2v) is 4.50. The zero-order valence-corrected chi connectivity index (χ0v) is 10.3. The summed E-state index contributed by atoms with van der Waals surface area (Å²) in [6.45, 7) is 1.95. The lowest BCUT2D eigenvalue weighted by Gasteiger charge is -2.04. The molecule has 0 aromatic carbocycles. The lowest BCUT2D eigenvalue weighted by atomic mass is 10.1. The van der Waals surface area contributed by atoms with Crippen LogP contribution in [0.15, 0.2) is 22.8 Å². The zero-order chi connectivity index (χ0) is 9.84. The summed E-state index contributed by atoms with van der Waals surface area (Å²) in [6, 6.07) is 5.32. The van der Waals surface area contributed by atoms with Gasteiger partial charge in [0.25, 0.3) is 0 Å². The molecule has 1 aromatic heterocycles. The van der Waals surface area contributed by atoms with E-state index < -0.39 is 0 Å². The Hall–Kier alpha value is -0.220. The van der Waals surface area contributed by atoms with Crippen molar-refractivity contribution in [2.75, 3.05) is 0 Å². The van der Waals surface area contributed by atoms with Crippen molar-refractivity contribution < 1.29 is 4.79 Å². The Balaban J connectivity index is 2.89. The first-order chi connectivity index (χ1) is 6.15. The summed E-state index contributed by atoms with van der Waals surface area (Å²) in [7, 11) is 0. The number of ketones is 1. The molecule has 70 valence electrons. The molecule has 0 saturated heterocycles. The van der Waals surface area contributed by atoms with Gasteiger partial charge in [-0.1, -0.05) is 28.9 Å². The van der Waals surface area contributed by atoms with Crippen molar-refractivity contribution in [3.63, 3.8) is 0 Å². The molecule has 0 amide bonds. The third-order valence-electron chi connectivity index (χ3n) is 1.61. The number of rotatable bonds is 3. The van der Waals surface area contributed by atoms with Crippen LogP contribution in [-0.4, -0.2) is 15.6 Å². The van der Waals surface area contributed by atoms with Crippen molar-refractivity contribution in [2.24, 2.45) is 0 Å². The second-order valence-electron chi connectivity index (χ2n) is 2.59. The summed E-state index contributed by atoms with van der Waals surface area (Å²) in [4.78, 5) is 15.5. The summed E-state index contributed by atoms with van der Waals surface area (Å²) < 4.78 is 0.689. The third-order valence-corrected chi connectivity index (χ3v) is 3.12. The fourth-order valence-corrected chi connectivity index (χ4v) is 1.47. The van der Waals surface area contributed by atoms with E-state index in [2.05, 4.69) is 36.8 Å². The minimum absolute atomic E-state index is 0.0313. The van der Waals surface area contributed by atoms with Gasteiger partial charge in [0.1, 0.15) is 10.3 Å². The molecule has 0 aliphatic heterocycles. The molecular formula is C9H9Br2NO. The fraction of sp³-hybridized carbons (Fsp3) is 0.333. The van der Waals surface area contributed by atoms with Gasteiger partial charge < -0.3 is 0 Å². The Morgan fingerprint density at radius 3 is 2.85 bits per heavy atom. The second kappa shape index (κ2) is 4.86. The monoisotopic (exact) mass is 305 g/mol. The highest BCUT2D eigenvalue weighted by molar-refractivity contribution is 9.10. The number of hydrogen-bond acceptors (Lipinski definition) is 2. The molecule has 0 saturated carbocycles. The smallest absolute Gasteiger partial charge is 0.194 e. The molecule has 0 aliphatic carbocycles. The van der Waals surface area contributed by atoms with Gasteiger partial charge in [-0.05, 0) is 34.5 Å². The van der Waals surface area contributed by atoms with Crippen molar-refractivity contribution >= 4 is 37.6 Å². The lowest BCUT2D eigenvalue weighted by Crippen LogP contribution is -2.14. The predicted octanol–water partition coefficient (Wildman–Crippen LogP) is 3.20. The molecule has 0 bridgehead atoms. The van der Waals surface area contributed by atoms with Crippen LogP contribution in [0, 0.1) is 0 Å². The topological polar surface area (TPSA) is 30.0 Å². The Morgan fingerprint density at radius 1 is 1.62 bits per heavy atom. The van der Waals surface area contributed by atoms with E-state index >= 15 is 0 Å². The van der Waals surface area contributed by atoms with E-state index in [0.717, 1.165) is 6.42 Å².